The number of benzene rings is 1. The second-order valence-electron chi connectivity index (χ2n) is 7.03. The molecule has 0 unspecified atom stereocenters. The number of hydrogen-bond donors (Lipinski definition) is 1. The molecule has 158 valence electrons. The number of sulfonamides is 1. The molecule has 2 amide bonds. The molecule has 2 heterocycles. The van der Waals surface area contributed by atoms with Crippen molar-refractivity contribution in [1.82, 2.24) is 19.0 Å². The highest BCUT2D eigenvalue weighted by Gasteiger charge is 2.32. The summed E-state index contributed by atoms with van der Waals surface area (Å²) >= 11 is 0. The predicted octanol–water partition coefficient (Wildman–Crippen LogP) is 1.97. The minimum Gasteiger partial charge on any atom is -0.497 e. The molecule has 0 atom stereocenters. The Morgan fingerprint density at radius 3 is 2.38 bits per heavy atom. The minimum absolute atomic E-state index is 0.242. The maximum Gasteiger partial charge on any atom is 0.321 e. The van der Waals surface area contributed by atoms with Crippen LogP contribution in [0.2, 0.25) is 0 Å². The number of ether oxygens (including phenoxy) is 1. The van der Waals surface area contributed by atoms with E-state index < -0.39 is 10.0 Å². The third kappa shape index (κ3) is 4.38. The zero-order valence-corrected chi connectivity index (χ0v) is 18.0. The second kappa shape index (κ2) is 8.42. The number of urea groups is 1. The molecule has 0 aliphatic carbocycles. The van der Waals surface area contributed by atoms with Gasteiger partial charge in [0.05, 0.1) is 18.5 Å². The summed E-state index contributed by atoms with van der Waals surface area (Å²) in [7, 11) is -0.350. The van der Waals surface area contributed by atoms with Crippen LogP contribution in [-0.4, -0.2) is 66.7 Å². The Morgan fingerprint density at radius 1 is 1.10 bits per heavy atom. The van der Waals surface area contributed by atoms with Crippen LogP contribution in [-0.2, 0) is 17.1 Å². The number of nitrogens with zero attached hydrogens (tertiary/aromatic N) is 4. The highest BCUT2D eigenvalue weighted by molar-refractivity contribution is 7.89. The van der Waals surface area contributed by atoms with Gasteiger partial charge in [-0.05, 0) is 44.5 Å². The average Bonchev–Trinajstić information content (AvgIpc) is 2.86. The minimum atomic E-state index is -3.66. The van der Waals surface area contributed by atoms with Gasteiger partial charge in [-0.3, -0.25) is 4.68 Å². The van der Waals surface area contributed by atoms with Gasteiger partial charge in [0.1, 0.15) is 10.6 Å². The summed E-state index contributed by atoms with van der Waals surface area (Å²) in [4.78, 5) is 14.5. The molecule has 1 N–H and O–H groups in total. The summed E-state index contributed by atoms with van der Waals surface area (Å²) in [5, 5.41) is 7.07. The van der Waals surface area contributed by atoms with Crippen molar-refractivity contribution in [1.29, 1.82) is 0 Å². The van der Waals surface area contributed by atoms with Crippen molar-refractivity contribution in [3.05, 3.63) is 35.7 Å². The van der Waals surface area contributed by atoms with Gasteiger partial charge in [-0.15, -0.1) is 0 Å². The number of carbonyl (C=O) groups excluding carboxylic acids is 1. The first kappa shape index (κ1) is 21.1. The van der Waals surface area contributed by atoms with Crippen molar-refractivity contribution in [2.45, 2.75) is 25.2 Å². The van der Waals surface area contributed by atoms with Crippen LogP contribution in [0.15, 0.2) is 29.2 Å². The number of rotatable bonds is 4. The molecule has 9 nitrogen and oxygen atoms in total. The van der Waals surface area contributed by atoms with Gasteiger partial charge in [0, 0.05) is 38.9 Å². The lowest BCUT2D eigenvalue weighted by molar-refractivity contribution is 0.214. The largest absolute Gasteiger partial charge is 0.497 e. The molecule has 1 aliphatic heterocycles. The van der Waals surface area contributed by atoms with Crippen molar-refractivity contribution in [2.75, 3.05) is 38.6 Å². The molecule has 0 spiro atoms. The molecule has 1 fully saturated rings. The van der Waals surface area contributed by atoms with Gasteiger partial charge in [-0.1, -0.05) is 0 Å². The fourth-order valence-corrected chi connectivity index (χ4v) is 5.34. The Kier molecular flexibility index (Phi) is 6.13. The Bertz CT molecular complexity index is 985. The van der Waals surface area contributed by atoms with Gasteiger partial charge in [-0.2, -0.15) is 9.40 Å². The molecular formula is C19H27N5O4S. The van der Waals surface area contributed by atoms with E-state index in [-0.39, 0.29) is 17.5 Å². The molecule has 29 heavy (non-hydrogen) atoms. The number of carbonyl (C=O) groups is 1. The molecule has 1 aliphatic rings. The highest BCUT2D eigenvalue weighted by atomic mass is 32.2. The standard InChI is InChI=1S/C19H27N5O4S/c1-14-18(15(2)22(3)21-14)29(26,27)24-11-5-10-23(12-13-24)19(25)20-16-6-8-17(28-4)9-7-16/h6-9H,5,10-13H2,1-4H3,(H,20,25). The summed E-state index contributed by atoms with van der Waals surface area (Å²) in [6.45, 7) is 4.86. The molecular weight excluding hydrogens is 394 g/mol. The predicted molar refractivity (Wildman–Crippen MR) is 110 cm³/mol. The van der Waals surface area contributed by atoms with E-state index in [1.807, 2.05) is 0 Å². The summed E-state index contributed by atoms with van der Waals surface area (Å²) in [6, 6.07) is 6.82. The normalized spacial score (nSPS) is 15.8. The molecule has 0 radical (unpaired) electrons. The Hall–Kier alpha value is -2.59. The smallest absolute Gasteiger partial charge is 0.321 e. The number of hydrogen-bond acceptors (Lipinski definition) is 5. The van der Waals surface area contributed by atoms with Crippen LogP contribution >= 0.6 is 0 Å². The van der Waals surface area contributed by atoms with Gasteiger partial charge in [0.2, 0.25) is 10.0 Å². The Labute approximate surface area is 171 Å². The van der Waals surface area contributed by atoms with Crippen LogP contribution in [0.1, 0.15) is 17.8 Å². The van der Waals surface area contributed by atoms with Crippen LogP contribution in [0.25, 0.3) is 0 Å². The summed E-state index contributed by atoms with van der Waals surface area (Å²) in [5.74, 6) is 0.708. The lowest BCUT2D eigenvalue weighted by atomic mass is 10.3. The molecule has 2 aromatic rings. The molecule has 3 rings (SSSR count). The fourth-order valence-electron chi connectivity index (χ4n) is 3.47. The summed E-state index contributed by atoms with van der Waals surface area (Å²) in [6.07, 6.45) is 0.563. The van der Waals surface area contributed by atoms with Crippen LogP contribution in [0.3, 0.4) is 0 Å². The fraction of sp³-hybridized carbons (Fsp3) is 0.474. The second-order valence-corrected chi connectivity index (χ2v) is 8.90. The lowest BCUT2D eigenvalue weighted by Gasteiger charge is -2.22. The van der Waals surface area contributed by atoms with Gasteiger partial charge < -0.3 is 15.0 Å². The monoisotopic (exact) mass is 421 g/mol. The summed E-state index contributed by atoms with van der Waals surface area (Å²) < 4.78 is 34.5. The zero-order valence-electron chi connectivity index (χ0n) is 17.2. The highest BCUT2D eigenvalue weighted by Crippen LogP contribution is 2.24. The molecule has 1 aromatic carbocycles. The van der Waals surface area contributed by atoms with E-state index in [9.17, 15) is 13.2 Å². The summed E-state index contributed by atoms with van der Waals surface area (Å²) in [5.41, 5.74) is 1.76. The van der Waals surface area contributed by atoms with Gasteiger partial charge in [0.15, 0.2) is 0 Å². The van der Waals surface area contributed by atoms with Crippen molar-refractivity contribution < 1.29 is 17.9 Å². The van der Waals surface area contributed by atoms with Crippen LogP contribution in [0.5, 0.6) is 5.75 Å². The maximum absolute atomic E-state index is 13.2. The number of aryl methyl sites for hydroxylation is 2. The number of methoxy groups -OCH3 is 1. The van der Waals surface area contributed by atoms with Gasteiger partial charge in [-0.25, -0.2) is 13.2 Å². The van der Waals surface area contributed by atoms with E-state index in [0.717, 1.165) is 0 Å². The molecule has 1 saturated heterocycles. The maximum atomic E-state index is 13.2. The van der Waals surface area contributed by atoms with Gasteiger partial charge in [0.25, 0.3) is 0 Å². The van der Waals surface area contributed by atoms with Crippen LogP contribution in [0.4, 0.5) is 10.5 Å². The first-order valence-electron chi connectivity index (χ1n) is 9.44. The van der Waals surface area contributed by atoms with E-state index in [4.69, 9.17) is 4.74 Å². The third-order valence-electron chi connectivity index (χ3n) is 5.12. The lowest BCUT2D eigenvalue weighted by Crippen LogP contribution is -2.39. The SMILES string of the molecule is COc1ccc(NC(=O)N2CCCN(S(=O)(=O)c3c(C)nn(C)c3C)CC2)cc1. The third-order valence-corrected chi connectivity index (χ3v) is 7.28. The van der Waals surface area contributed by atoms with Crippen molar-refractivity contribution in [3.63, 3.8) is 0 Å². The first-order chi connectivity index (χ1) is 13.7. The van der Waals surface area contributed by atoms with Crippen LogP contribution < -0.4 is 10.1 Å². The van der Waals surface area contributed by atoms with Crippen molar-refractivity contribution in [3.8, 4) is 5.75 Å². The van der Waals surface area contributed by atoms with Crippen molar-refractivity contribution in [2.24, 2.45) is 7.05 Å². The number of amides is 2. The first-order valence-corrected chi connectivity index (χ1v) is 10.9. The topological polar surface area (TPSA) is 96.8 Å². The average molecular weight is 422 g/mol. The Morgan fingerprint density at radius 2 is 1.79 bits per heavy atom. The van der Waals surface area contributed by atoms with E-state index in [1.165, 1.54) is 4.31 Å². The molecule has 0 saturated carbocycles. The number of aromatic nitrogens is 2. The van der Waals surface area contributed by atoms with E-state index >= 15 is 0 Å². The van der Waals surface area contributed by atoms with E-state index in [0.29, 0.717) is 48.9 Å². The number of nitrogens with one attached hydrogen (secondary N) is 1. The van der Waals surface area contributed by atoms with Crippen molar-refractivity contribution >= 4 is 21.7 Å². The number of anilines is 1. The molecule has 1 aromatic heterocycles. The van der Waals surface area contributed by atoms with Crippen LogP contribution in [0, 0.1) is 13.8 Å². The van der Waals surface area contributed by atoms with E-state index in [1.54, 1.807) is 61.9 Å². The Balaban J connectivity index is 1.68. The molecule has 0 bridgehead atoms. The zero-order chi connectivity index (χ0) is 21.2. The van der Waals surface area contributed by atoms with E-state index in [2.05, 4.69) is 10.4 Å². The molecule has 10 heteroatoms. The quantitative estimate of drug-likeness (QED) is 0.814. The van der Waals surface area contributed by atoms with Gasteiger partial charge >= 0.3 is 6.03 Å².